The van der Waals surface area contributed by atoms with Crippen LogP contribution >= 0.6 is 0 Å². The largest absolute Gasteiger partial charge is 0.472 e. The molecular formula is C48H42F4N2O2. The number of ether oxygens (including phenoxy) is 2. The molecule has 0 aromatic heterocycles. The first-order valence-corrected chi connectivity index (χ1v) is 18.6. The predicted octanol–water partition coefficient (Wildman–Crippen LogP) is 12.3. The highest BCUT2D eigenvalue weighted by Gasteiger charge is 2.33. The molecule has 8 heteroatoms. The van der Waals surface area contributed by atoms with Gasteiger partial charge in [-0.15, -0.1) is 0 Å². The molecule has 0 bridgehead atoms. The molecule has 2 aliphatic rings. The highest BCUT2D eigenvalue weighted by molar-refractivity contribution is 5.96. The van der Waals surface area contributed by atoms with Crippen molar-refractivity contribution < 1.29 is 27.0 Å². The van der Waals surface area contributed by atoms with Crippen molar-refractivity contribution in [1.82, 2.24) is 0 Å². The molecule has 0 N–H and O–H groups in total. The molecule has 2 heterocycles. The Morgan fingerprint density at radius 1 is 0.411 bits per heavy atom. The fourth-order valence-electron chi connectivity index (χ4n) is 6.93. The van der Waals surface area contributed by atoms with Gasteiger partial charge >= 0.3 is 0 Å². The van der Waals surface area contributed by atoms with E-state index in [2.05, 4.69) is 74.1 Å². The first-order valence-electron chi connectivity index (χ1n) is 18.6. The van der Waals surface area contributed by atoms with Gasteiger partial charge in [0, 0.05) is 0 Å². The van der Waals surface area contributed by atoms with Gasteiger partial charge in [-0.1, -0.05) is 97.1 Å². The lowest BCUT2D eigenvalue weighted by atomic mass is 9.97. The maximum absolute atomic E-state index is 14.1. The molecule has 0 unspecified atom stereocenters. The molecule has 0 radical (unpaired) electrons. The zero-order chi connectivity index (χ0) is 39.7. The van der Waals surface area contributed by atoms with Crippen molar-refractivity contribution in [1.29, 1.82) is 0 Å². The summed E-state index contributed by atoms with van der Waals surface area (Å²) in [4.78, 5) is 8.95. The van der Waals surface area contributed by atoms with Crippen molar-refractivity contribution in [2.75, 3.05) is 0 Å². The summed E-state index contributed by atoms with van der Waals surface area (Å²) in [6, 6.07) is 35.9. The summed E-state index contributed by atoms with van der Waals surface area (Å²) in [5.41, 5.74) is 11.1. The van der Waals surface area contributed by atoms with Gasteiger partial charge < -0.3 is 9.47 Å². The molecule has 284 valence electrons. The van der Waals surface area contributed by atoms with Gasteiger partial charge in [0.05, 0.1) is 0 Å². The molecule has 0 spiro atoms. The maximum atomic E-state index is 14.1. The third-order valence-corrected chi connectivity index (χ3v) is 10.5. The lowest BCUT2D eigenvalue weighted by molar-refractivity contribution is 0.212. The summed E-state index contributed by atoms with van der Waals surface area (Å²) in [6.45, 7) is 12.1. The quantitative estimate of drug-likeness (QED) is 0.159. The highest BCUT2D eigenvalue weighted by Crippen LogP contribution is 2.35. The van der Waals surface area contributed by atoms with Crippen LogP contribution in [0.4, 0.5) is 17.6 Å². The van der Waals surface area contributed by atoms with E-state index < -0.39 is 23.3 Å². The van der Waals surface area contributed by atoms with E-state index in [-0.39, 0.29) is 47.2 Å². The van der Waals surface area contributed by atoms with E-state index in [4.69, 9.17) is 9.47 Å². The van der Waals surface area contributed by atoms with Crippen LogP contribution in [-0.2, 0) is 9.47 Å². The molecule has 0 saturated carbocycles. The van der Waals surface area contributed by atoms with Crippen molar-refractivity contribution in [3.05, 3.63) is 189 Å². The molecule has 0 saturated heterocycles. The molecule has 56 heavy (non-hydrogen) atoms. The number of aliphatic imine (C=N–C) groups is 2. The van der Waals surface area contributed by atoms with E-state index in [1.807, 2.05) is 62.4 Å². The van der Waals surface area contributed by atoms with Gasteiger partial charge in [0.1, 0.15) is 58.7 Å². The molecule has 0 aliphatic carbocycles. The zero-order valence-corrected chi connectivity index (χ0v) is 32.1. The lowest BCUT2D eigenvalue weighted by Crippen LogP contribution is -2.14. The molecule has 4 nitrogen and oxygen atoms in total. The van der Waals surface area contributed by atoms with Gasteiger partial charge in [-0.2, -0.15) is 0 Å². The zero-order valence-electron chi connectivity index (χ0n) is 32.1. The molecular weight excluding hydrogens is 713 g/mol. The highest BCUT2D eigenvalue weighted by atomic mass is 19.1. The van der Waals surface area contributed by atoms with Gasteiger partial charge in [-0.05, 0) is 121 Å². The number of aryl methyl sites for hydroxylation is 4. The van der Waals surface area contributed by atoms with E-state index in [9.17, 15) is 17.6 Å². The summed E-state index contributed by atoms with van der Waals surface area (Å²) in [7, 11) is 0. The molecule has 0 fully saturated rings. The van der Waals surface area contributed by atoms with E-state index in [1.54, 1.807) is 0 Å². The Hall–Kier alpha value is -6.02. The third kappa shape index (κ3) is 7.87. The second-order valence-corrected chi connectivity index (χ2v) is 14.4. The van der Waals surface area contributed by atoms with Gasteiger partial charge in [-0.3, -0.25) is 0 Å². The summed E-state index contributed by atoms with van der Waals surface area (Å²) < 4.78 is 67.6. The maximum Gasteiger partial charge on any atom is 0.223 e. The predicted molar refractivity (Wildman–Crippen MR) is 215 cm³/mol. The van der Waals surface area contributed by atoms with Crippen LogP contribution in [0.3, 0.4) is 0 Å². The van der Waals surface area contributed by atoms with Crippen LogP contribution in [0.25, 0.3) is 22.3 Å². The van der Waals surface area contributed by atoms with Crippen LogP contribution in [0.5, 0.6) is 0 Å². The molecule has 6 aromatic carbocycles. The van der Waals surface area contributed by atoms with Crippen molar-refractivity contribution in [2.24, 2.45) is 9.98 Å². The van der Waals surface area contributed by atoms with Crippen molar-refractivity contribution in [3.63, 3.8) is 0 Å². The third-order valence-electron chi connectivity index (χ3n) is 10.5. The van der Waals surface area contributed by atoms with Crippen LogP contribution in [0.15, 0.2) is 131 Å². The monoisotopic (exact) mass is 754 g/mol. The number of rotatable bonds is 6. The van der Waals surface area contributed by atoms with E-state index in [0.29, 0.717) is 0 Å². The molecule has 0 amide bonds. The van der Waals surface area contributed by atoms with Crippen LogP contribution in [0.2, 0.25) is 0 Å². The van der Waals surface area contributed by atoms with Gasteiger partial charge in [0.15, 0.2) is 0 Å². The first-order chi connectivity index (χ1) is 26.9. The normalized spacial score (nSPS) is 18.7. The molecule has 2 aliphatic heterocycles. The Morgan fingerprint density at radius 2 is 0.732 bits per heavy atom. The van der Waals surface area contributed by atoms with Gasteiger partial charge in [-0.25, -0.2) is 27.5 Å². The average Bonchev–Trinajstić information content (AvgIpc) is 3.76. The molecule has 6 aromatic rings. The van der Waals surface area contributed by atoms with Crippen LogP contribution in [0, 0.1) is 51.0 Å². The molecule has 4 atom stereocenters. The summed E-state index contributed by atoms with van der Waals surface area (Å²) >= 11 is 0. The van der Waals surface area contributed by atoms with E-state index in [1.165, 1.54) is 58.7 Å². The average molecular weight is 755 g/mol. The minimum absolute atomic E-state index is 0.0198. The Bertz CT molecular complexity index is 2250. The van der Waals surface area contributed by atoms with Gasteiger partial charge in [0.25, 0.3) is 0 Å². The van der Waals surface area contributed by atoms with Crippen molar-refractivity contribution in [3.8, 4) is 22.3 Å². The number of hydrogen-bond donors (Lipinski definition) is 0. The second-order valence-electron chi connectivity index (χ2n) is 14.4. The van der Waals surface area contributed by atoms with Crippen molar-refractivity contribution in [2.45, 2.75) is 65.8 Å². The Balaban J connectivity index is 0.000000172. The summed E-state index contributed by atoms with van der Waals surface area (Å²) in [5.74, 6) is -2.64. The SMILES string of the molecule is Cc1ccc(-c2ccc([C@@H]3N=C(c4c(F)cccc4F)O[C@H]3C)cc2)cc1C.Cc1ccc(-c2ccc([C@H]3N=C(c4c(F)cccc4F)O[C@@H]3C)cc2)cc1C. The minimum Gasteiger partial charge on any atom is -0.472 e. The van der Waals surface area contributed by atoms with Crippen molar-refractivity contribution >= 4 is 11.8 Å². The van der Waals surface area contributed by atoms with E-state index in [0.717, 1.165) is 33.4 Å². The second kappa shape index (κ2) is 16.0. The molecule has 8 rings (SSSR count). The van der Waals surface area contributed by atoms with Crippen LogP contribution in [-0.4, -0.2) is 24.0 Å². The summed E-state index contributed by atoms with van der Waals surface area (Å²) in [6.07, 6.45) is -0.608. The first kappa shape index (κ1) is 38.3. The van der Waals surface area contributed by atoms with Crippen LogP contribution < -0.4 is 0 Å². The van der Waals surface area contributed by atoms with Crippen LogP contribution in [0.1, 0.15) is 70.4 Å². The van der Waals surface area contributed by atoms with E-state index >= 15 is 0 Å². The lowest BCUT2D eigenvalue weighted by Gasteiger charge is -2.14. The minimum atomic E-state index is -0.670. The number of benzene rings is 6. The summed E-state index contributed by atoms with van der Waals surface area (Å²) in [5, 5.41) is 0. The topological polar surface area (TPSA) is 43.2 Å². The fourth-order valence-corrected chi connectivity index (χ4v) is 6.93. The smallest absolute Gasteiger partial charge is 0.223 e. The number of nitrogens with zero attached hydrogens (tertiary/aromatic N) is 2. The number of halogens is 4. The Kier molecular flexibility index (Phi) is 10.9. The Labute approximate surface area is 325 Å². The van der Waals surface area contributed by atoms with Gasteiger partial charge in [0.2, 0.25) is 11.8 Å². The standard InChI is InChI=1S/2C24H21F2NO/c2*1-14-7-8-19(13-15(14)2)17-9-11-18(12-10-17)23-16(3)28-24(27-23)22-20(25)5-4-6-21(22)26/h2*4-13,16,23H,1-3H3/t2*16-,23+/m10/s1. The Morgan fingerprint density at radius 3 is 1.05 bits per heavy atom. The fraction of sp³-hybridized carbons (Fsp3) is 0.208. The number of hydrogen-bond acceptors (Lipinski definition) is 4.